The predicted octanol–water partition coefficient (Wildman–Crippen LogP) is 14.3. The number of nitrogens with zero attached hydrogens (tertiary/aromatic N) is 3. The Labute approximate surface area is 318 Å². The molecule has 12 aromatic rings. The molecule has 0 radical (unpaired) electrons. The summed E-state index contributed by atoms with van der Waals surface area (Å²) in [5, 5.41) is 6.80. The Hall–Kier alpha value is -7.15. The molecule has 8 aromatic carbocycles. The van der Waals surface area contributed by atoms with Gasteiger partial charge in [0.2, 0.25) is 5.89 Å². The molecule has 12 rings (SSSR count). The van der Waals surface area contributed by atoms with Crippen LogP contribution in [0.2, 0.25) is 0 Å². The van der Waals surface area contributed by atoms with E-state index >= 15 is 0 Å². The lowest BCUT2D eigenvalue weighted by Gasteiger charge is -2.27. The van der Waals surface area contributed by atoms with Crippen LogP contribution in [0.25, 0.3) is 92.2 Å². The molecule has 0 N–H and O–H groups in total. The number of rotatable bonds is 5. The lowest BCUT2D eigenvalue weighted by molar-refractivity contribution is 0.622. The van der Waals surface area contributed by atoms with Crippen LogP contribution in [0.3, 0.4) is 0 Å². The molecular weight excluding hydrogens is 695 g/mol. The van der Waals surface area contributed by atoms with Crippen LogP contribution in [0.5, 0.6) is 0 Å². The van der Waals surface area contributed by atoms with E-state index in [4.69, 9.17) is 13.8 Å². The molecule has 0 bridgehead atoms. The Bertz CT molecular complexity index is 3450. The maximum Gasteiger partial charge on any atom is 0.227 e. The predicted molar refractivity (Wildman–Crippen MR) is 229 cm³/mol. The van der Waals surface area contributed by atoms with E-state index in [1.807, 2.05) is 53.8 Å². The number of benzene rings is 8. The molecule has 0 aliphatic rings. The van der Waals surface area contributed by atoms with Crippen molar-refractivity contribution >= 4 is 103 Å². The molecule has 0 aliphatic heterocycles. The molecule has 0 unspecified atom stereocenters. The average Bonchev–Trinajstić information content (AvgIpc) is 4.02. The van der Waals surface area contributed by atoms with Crippen molar-refractivity contribution in [3.63, 3.8) is 0 Å². The zero-order valence-corrected chi connectivity index (χ0v) is 30.1. The van der Waals surface area contributed by atoms with Gasteiger partial charge in [-0.25, -0.2) is 4.98 Å². The highest BCUT2D eigenvalue weighted by atomic mass is 32.1. The molecule has 0 spiro atoms. The highest BCUT2D eigenvalue weighted by Gasteiger charge is 2.26. The lowest BCUT2D eigenvalue weighted by Crippen LogP contribution is -2.12. The Kier molecular flexibility index (Phi) is 6.44. The number of fused-ring (bicyclic) bond motifs is 11. The normalized spacial score (nSPS) is 12.0. The van der Waals surface area contributed by atoms with Gasteiger partial charge < -0.3 is 18.3 Å². The third-order valence-corrected chi connectivity index (χ3v) is 11.9. The zero-order valence-electron chi connectivity index (χ0n) is 29.3. The summed E-state index contributed by atoms with van der Waals surface area (Å²) in [7, 11) is 0. The maximum absolute atomic E-state index is 6.92. The largest absolute Gasteiger partial charge is 0.454 e. The fourth-order valence-electron chi connectivity index (χ4n) is 8.42. The van der Waals surface area contributed by atoms with Gasteiger partial charge in [0.1, 0.15) is 11.1 Å². The van der Waals surface area contributed by atoms with Gasteiger partial charge >= 0.3 is 0 Å². The average molecular weight is 724 g/mol. The van der Waals surface area contributed by atoms with Crippen LogP contribution in [0.1, 0.15) is 0 Å². The van der Waals surface area contributed by atoms with E-state index in [9.17, 15) is 0 Å². The Morgan fingerprint density at radius 3 is 2.09 bits per heavy atom. The summed E-state index contributed by atoms with van der Waals surface area (Å²) in [6.45, 7) is 0. The third-order valence-electron chi connectivity index (χ3n) is 10.8. The standard InChI is InChI=1S/C49H29N3O2S/c1-3-13-30(14-4-1)49-50-38-27-28-42-45(48(38)54-49)37-20-12-23-41(47(37)53-42)51(32-25-26-35-34-18-8-10-24-43(34)55-44(35)29-32)40-22-11-19-36-33-17-7-9-21-39(33)52(46(36)40)31-15-5-2-6-16-31/h1-29H. The minimum Gasteiger partial charge on any atom is -0.454 e. The molecule has 5 nitrogen and oxygen atoms in total. The monoisotopic (exact) mass is 723 g/mol. The first-order valence-electron chi connectivity index (χ1n) is 18.4. The molecule has 0 atom stereocenters. The Morgan fingerprint density at radius 2 is 1.22 bits per heavy atom. The molecule has 0 fully saturated rings. The number of thiophene rings is 1. The minimum atomic E-state index is 0.590. The van der Waals surface area contributed by atoms with Crippen molar-refractivity contribution in [2.75, 3.05) is 4.90 Å². The van der Waals surface area contributed by atoms with E-state index in [0.29, 0.717) is 5.89 Å². The number of hydrogen-bond acceptors (Lipinski definition) is 5. The van der Waals surface area contributed by atoms with Gasteiger partial charge in [0, 0.05) is 53.3 Å². The van der Waals surface area contributed by atoms with E-state index < -0.39 is 0 Å². The number of aromatic nitrogens is 2. The van der Waals surface area contributed by atoms with Crippen molar-refractivity contribution in [1.82, 2.24) is 9.55 Å². The quantitative estimate of drug-likeness (QED) is 0.177. The second kappa shape index (κ2) is 11.7. The van der Waals surface area contributed by atoms with Crippen molar-refractivity contribution in [3.8, 4) is 17.1 Å². The van der Waals surface area contributed by atoms with Gasteiger partial charge in [0.15, 0.2) is 11.2 Å². The summed E-state index contributed by atoms with van der Waals surface area (Å²) >= 11 is 1.83. The first kappa shape index (κ1) is 30.3. The maximum atomic E-state index is 6.92. The van der Waals surface area contributed by atoms with E-state index in [0.717, 1.165) is 72.4 Å². The van der Waals surface area contributed by atoms with E-state index in [1.165, 1.54) is 30.9 Å². The second-order valence-corrected chi connectivity index (χ2v) is 15.0. The number of hydrogen-bond donors (Lipinski definition) is 0. The molecule has 0 amide bonds. The van der Waals surface area contributed by atoms with Crippen molar-refractivity contribution < 1.29 is 8.83 Å². The first-order valence-corrected chi connectivity index (χ1v) is 19.2. The highest BCUT2D eigenvalue weighted by molar-refractivity contribution is 7.25. The highest BCUT2D eigenvalue weighted by Crippen LogP contribution is 2.48. The van der Waals surface area contributed by atoms with Crippen molar-refractivity contribution in [1.29, 1.82) is 0 Å². The molecule has 0 saturated heterocycles. The van der Waals surface area contributed by atoms with Crippen molar-refractivity contribution in [2.45, 2.75) is 0 Å². The van der Waals surface area contributed by atoms with Gasteiger partial charge in [-0.15, -0.1) is 11.3 Å². The summed E-state index contributed by atoms with van der Waals surface area (Å²) in [5.41, 5.74) is 10.4. The van der Waals surface area contributed by atoms with Crippen LogP contribution >= 0.6 is 11.3 Å². The molecule has 6 heteroatoms. The summed E-state index contributed by atoms with van der Waals surface area (Å²) in [6, 6.07) is 61.9. The molecule has 4 heterocycles. The Balaban J connectivity index is 1.18. The fraction of sp³-hybridized carbons (Fsp3) is 0. The summed E-state index contributed by atoms with van der Waals surface area (Å²) in [6.07, 6.45) is 0. The van der Waals surface area contributed by atoms with Crippen molar-refractivity contribution in [3.05, 3.63) is 176 Å². The fourth-order valence-corrected chi connectivity index (χ4v) is 9.56. The topological polar surface area (TPSA) is 47.3 Å². The molecular formula is C49H29N3O2S. The Morgan fingerprint density at radius 1 is 0.509 bits per heavy atom. The summed E-state index contributed by atoms with van der Waals surface area (Å²) in [5.74, 6) is 0.590. The van der Waals surface area contributed by atoms with Gasteiger partial charge in [0.05, 0.1) is 27.8 Å². The van der Waals surface area contributed by atoms with Crippen LogP contribution < -0.4 is 4.90 Å². The summed E-state index contributed by atoms with van der Waals surface area (Å²) in [4.78, 5) is 7.27. The minimum absolute atomic E-state index is 0.590. The van der Waals surface area contributed by atoms with Gasteiger partial charge in [-0.2, -0.15) is 0 Å². The second-order valence-electron chi connectivity index (χ2n) is 13.9. The number of oxazole rings is 1. The van der Waals surface area contributed by atoms with Gasteiger partial charge in [-0.05, 0) is 72.8 Å². The third kappa shape index (κ3) is 4.49. The summed E-state index contributed by atoms with van der Waals surface area (Å²) < 4.78 is 18.4. The van der Waals surface area contributed by atoms with Gasteiger partial charge in [0.25, 0.3) is 0 Å². The number of anilines is 3. The molecule has 258 valence electrons. The smallest absolute Gasteiger partial charge is 0.227 e. The van der Waals surface area contributed by atoms with Crippen LogP contribution in [0.15, 0.2) is 185 Å². The van der Waals surface area contributed by atoms with Crippen LogP contribution in [0, 0.1) is 0 Å². The zero-order chi connectivity index (χ0) is 36.0. The van der Waals surface area contributed by atoms with Crippen LogP contribution in [-0.2, 0) is 0 Å². The SMILES string of the molecule is c1ccc(-c2nc3ccc4oc5c(N(c6ccc7c(c6)sc6ccccc67)c6cccc7c8ccccc8n(-c8ccccc8)c67)cccc5c4c3o2)cc1. The molecule has 4 aromatic heterocycles. The lowest BCUT2D eigenvalue weighted by atomic mass is 10.1. The van der Waals surface area contributed by atoms with Gasteiger partial charge in [-0.3, -0.25) is 0 Å². The van der Waals surface area contributed by atoms with Crippen molar-refractivity contribution in [2.24, 2.45) is 0 Å². The number of para-hydroxylation sites is 4. The van der Waals surface area contributed by atoms with Crippen LogP contribution in [-0.4, -0.2) is 9.55 Å². The van der Waals surface area contributed by atoms with Crippen LogP contribution in [0.4, 0.5) is 17.1 Å². The molecule has 55 heavy (non-hydrogen) atoms. The first-order chi connectivity index (χ1) is 27.3. The molecule has 0 saturated carbocycles. The van der Waals surface area contributed by atoms with E-state index in [1.54, 1.807) is 0 Å². The van der Waals surface area contributed by atoms with E-state index in [2.05, 4.69) is 143 Å². The van der Waals surface area contributed by atoms with E-state index in [-0.39, 0.29) is 0 Å². The number of furan rings is 1. The molecule has 0 aliphatic carbocycles. The van der Waals surface area contributed by atoms with Gasteiger partial charge in [-0.1, -0.05) is 103 Å².